The molecule has 9 heteroatoms. The number of nitrogens with zero attached hydrogens (tertiary/aromatic N) is 3. The number of thiazole rings is 1. The fourth-order valence-electron chi connectivity index (χ4n) is 3.24. The third kappa shape index (κ3) is 5.48. The van der Waals surface area contributed by atoms with Gasteiger partial charge in [-0.2, -0.15) is 5.10 Å². The smallest absolute Gasteiger partial charge is 0.239 e. The first-order valence-electron chi connectivity index (χ1n) is 10.4. The zero-order valence-corrected chi connectivity index (χ0v) is 18.7. The number of rotatable bonds is 8. The number of hydrogen-bond acceptors (Lipinski definition) is 6. The summed E-state index contributed by atoms with van der Waals surface area (Å²) in [5.41, 5.74) is 1.95. The number of nitrogens with one attached hydrogen (secondary N) is 2. The van der Waals surface area contributed by atoms with Gasteiger partial charge in [-0.15, -0.1) is 11.3 Å². The van der Waals surface area contributed by atoms with E-state index in [2.05, 4.69) is 20.7 Å². The van der Waals surface area contributed by atoms with Gasteiger partial charge in [0, 0.05) is 17.8 Å². The summed E-state index contributed by atoms with van der Waals surface area (Å²) >= 11 is 1.47. The molecule has 3 aromatic rings. The Balaban J connectivity index is 1.44. The van der Waals surface area contributed by atoms with E-state index in [0.29, 0.717) is 11.6 Å². The van der Waals surface area contributed by atoms with Crippen LogP contribution in [0, 0.1) is 0 Å². The number of aromatic nitrogens is 3. The number of aliphatic hydroxyl groups is 1. The quantitative estimate of drug-likeness (QED) is 0.497. The Morgan fingerprint density at radius 3 is 2.81 bits per heavy atom. The molecule has 1 aromatic carbocycles. The molecule has 1 unspecified atom stereocenters. The molecule has 1 aliphatic rings. The van der Waals surface area contributed by atoms with E-state index in [-0.39, 0.29) is 24.4 Å². The maximum Gasteiger partial charge on any atom is 0.239 e. The van der Waals surface area contributed by atoms with Gasteiger partial charge in [-0.25, -0.2) is 4.98 Å². The second kappa shape index (κ2) is 8.39. The highest BCUT2D eigenvalue weighted by atomic mass is 32.1. The Bertz CT molecular complexity index is 1110. The molecule has 8 nitrogen and oxygen atoms in total. The summed E-state index contributed by atoms with van der Waals surface area (Å²) in [7, 11) is 0. The molecule has 31 heavy (non-hydrogen) atoms. The first kappa shape index (κ1) is 21.5. The fourth-order valence-corrected chi connectivity index (χ4v) is 4.30. The Morgan fingerprint density at radius 1 is 1.32 bits per heavy atom. The maximum absolute atomic E-state index is 12.5. The van der Waals surface area contributed by atoms with Crippen LogP contribution in [0.4, 0.5) is 0 Å². The van der Waals surface area contributed by atoms with E-state index in [0.717, 1.165) is 34.2 Å². The number of benzene rings is 1. The third-order valence-corrected chi connectivity index (χ3v) is 6.25. The summed E-state index contributed by atoms with van der Waals surface area (Å²) in [4.78, 5) is 28.9. The van der Waals surface area contributed by atoms with Gasteiger partial charge in [-0.3, -0.25) is 14.3 Å². The predicted octanol–water partition coefficient (Wildman–Crippen LogP) is 2.43. The molecule has 2 heterocycles. The van der Waals surface area contributed by atoms with Crippen LogP contribution in [0.5, 0.6) is 0 Å². The van der Waals surface area contributed by atoms with Gasteiger partial charge in [0.1, 0.15) is 5.01 Å². The average Bonchev–Trinajstić information content (AvgIpc) is 3.23. The highest BCUT2D eigenvalue weighted by Gasteiger charge is 2.24. The third-order valence-electron chi connectivity index (χ3n) is 5.05. The van der Waals surface area contributed by atoms with Gasteiger partial charge < -0.3 is 15.7 Å². The molecule has 2 amide bonds. The highest BCUT2D eigenvalue weighted by Crippen LogP contribution is 2.31. The summed E-state index contributed by atoms with van der Waals surface area (Å²) in [5, 5.41) is 20.6. The van der Waals surface area contributed by atoms with Gasteiger partial charge in [0.2, 0.25) is 11.8 Å². The van der Waals surface area contributed by atoms with E-state index < -0.39 is 11.5 Å². The van der Waals surface area contributed by atoms with Gasteiger partial charge in [0.25, 0.3) is 0 Å². The minimum Gasteiger partial charge on any atom is -0.389 e. The minimum absolute atomic E-state index is 0.0106. The summed E-state index contributed by atoms with van der Waals surface area (Å²) < 4.78 is 2.71. The Morgan fingerprint density at radius 2 is 2.10 bits per heavy atom. The molecule has 1 atom stereocenters. The Kier molecular flexibility index (Phi) is 5.81. The van der Waals surface area contributed by atoms with Crippen molar-refractivity contribution in [2.75, 3.05) is 6.54 Å². The zero-order chi connectivity index (χ0) is 22.2. The number of hydrogen-bond donors (Lipinski definition) is 3. The molecule has 3 N–H and O–H groups in total. The zero-order valence-electron chi connectivity index (χ0n) is 17.9. The summed E-state index contributed by atoms with van der Waals surface area (Å²) in [6, 6.07) is 6.23. The summed E-state index contributed by atoms with van der Waals surface area (Å²) in [6.07, 6.45) is 5.72. The van der Waals surface area contributed by atoms with Gasteiger partial charge in [0.05, 0.1) is 41.0 Å². The molecule has 1 aliphatic carbocycles. The van der Waals surface area contributed by atoms with E-state index >= 15 is 0 Å². The number of carbonyl (C=O) groups excluding carboxylic acids is 2. The first-order chi connectivity index (χ1) is 14.7. The lowest BCUT2D eigenvalue weighted by Gasteiger charge is -2.16. The molecule has 4 rings (SSSR count). The normalized spacial score (nSPS) is 15.1. The van der Waals surface area contributed by atoms with Gasteiger partial charge >= 0.3 is 0 Å². The van der Waals surface area contributed by atoms with Crippen molar-refractivity contribution >= 4 is 33.4 Å². The molecule has 0 aliphatic heterocycles. The molecule has 1 fully saturated rings. The van der Waals surface area contributed by atoms with Gasteiger partial charge in [-0.1, -0.05) is 6.07 Å². The van der Waals surface area contributed by atoms with Crippen molar-refractivity contribution in [3.8, 4) is 11.1 Å². The fraction of sp³-hybridized carbons (Fsp3) is 0.455. The average molecular weight is 442 g/mol. The molecule has 0 bridgehead atoms. The number of carbonyl (C=O) groups is 2. The topological polar surface area (TPSA) is 109 Å². The molecular weight excluding hydrogens is 414 g/mol. The van der Waals surface area contributed by atoms with Crippen LogP contribution in [-0.2, 0) is 16.1 Å². The molecule has 2 aromatic heterocycles. The van der Waals surface area contributed by atoms with E-state index in [4.69, 9.17) is 0 Å². The Labute approximate surface area is 184 Å². The molecule has 164 valence electrons. The lowest BCUT2D eigenvalue weighted by molar-refractivity contribution is -0.126. The van der Waals surface area contributed by atoms with Crippen LogP contribution in [0.25, 0.3) is 21.3 Å². The van der Waals surface area contributed by atoms with Crippen molar-refractivity contribution in [2.45, 2.75) is 57.7 Å². The Hall–Kier alpha value is -2.78. The van der Waals surface area contributed by atoms with Gasteiger partial charge in [0.15, 0.2) is 0 Å². The highest BCUT2D eigenvalue weighted by molar-refractivity contribution is 7.18. The van der Waals surface area contributed by atoms with Crippen molar-refractivity contribution in [2.24, 2.45) is 0 Å². The maximum atomic E-state index is 12.5. The second-order valence-corrected chi connectivity index (χ2v) is 9.82. The van der Waals surface area contributed by atoms with Crippen LogP contribution in [0.3, 0.4) is 0 Å². The minimum atomic E-state index is -0.838. The van der Waals surface area contributed by atoms with Crippen molar-refractivity contribution in [1.29, 1.82) is 0 Å². The van der Waals surface area contributed by atoms with Crippen molar-refractivity contribution in [1.82, 2.24) is 25.4 Å². The molecule has 1 saturated carbocycles. The number of fused-ring (bicyclic) bond motifs is 1. The second-order valence-electron chi connectivity index (χ2n) is 8.75. The van der Waals surface area contributed by atoms with Crippen LogP contribution in [0.15, 0.2) is 30.6 Å². The largest absolute Gasteiger partial charge is 0.389 e. The van der Waals surface area contributed by atoms with Crippen LogP contribution in [0.1, 0.15) is 44.5 Å². The monoisotopic (exact) mass is 441 g/mol. The van der Waals surface area contributed by atoms with Gasteiger partial charge in [-0.05, 0) is 51.3 Å². The van der Waals surface area contributed by atoms with Crippen LogP contribution in [0.2, 0.25) is 0 Å². The van der Waals surface area contributed by atoms with Crippen molar-refractivity contribution in [3.63, 3.8) is 0 Å². The van der Waals surface area contributed by atoms with Crippen LogP contribution < -0.4 is 10.6 Å². The molecular formula is C22H27N5O3S. The van der Waals surface area contributed by atoms with E-state index in [1.807, 2.05) is 24.4 Å². The van der Waals surface area contributed by atoms with Crippen molar-refractivity contribution in [3.05, 3.63) is 35.6 Å². The summed E-state index contributed by atoms with van der Waals surface area (Å²) in [5.74, 6) is -0.802. The number of amides is 2. The molecule has 0 spiro atoms. The van der Waals surface area contributed by atoms with Crippen LogP contribution in [-0.4, -0.2) is 49.9 Å². The first-order valence-corrected chi connectivity index (χ1v) is 11.2. The van der Waals surface area contributed by atoms with E-state index in [1.54, 1.807) is 31.6 Å². The molecule has 0 saturated heterocycles. The SMILES string of the molecule is CC(C(=O)NCC(=O)NC1CC1)c1nc2ccc(-c3cnn(CC(C)(C)O)c3)cc2s1. The summed E-state index contributed by atoms with van der Waals surface area (Å²) in [6.45, 7) is 5.69. The lowest BCUT2D eigenvalue weighted by atomic mass is 10.1. The van der Waals surface area contributed by atoms with E-state index in [1.165, 1.54) is 11.3 Å². The molecule has 0 radical (unpaired) electrons. The standard InChI is InChI=1S/C22H27N5O3S/c1-13(20(29)23-10-19(28)25-16-5-6-16)21-26-17-7-4-14(8-18(17)31-21)15-9-24-27(11-15)12-22(2,3)30/h4,7-9,11,13,16,30H,5-6,10,12H2,1-3H3,(H,23,29)(H,25,28). The van der Waals surface area contributed by atoms with Crippen molar-refractivity contribution < 1.29 is 14.7 Å². The predicted molar refractivity (Wildman–Crippen MR) is 120 cm³/mol. The lowest BCUT2D eigenvalue weighted by Crippen LogP contribution is -2.39. The van der Waals surface area contributed by atoms with Crippen LogP contribution >= 0.6 is 11.3 Å². The van der Waals surface area contributed by atoms with E-state index in [9.17, 15) is 14.7 Å².